The third-order valence-corrected chi connectivity index (χ3v) is 3.32. The number of Topliss-reactive ketones (excluding diaryl/α,β-unsaturated/α-hetero) is 1. The SMILES string of the molecule is O=C1CCC(=O)N(Cc2ccccc2Cl)CC1. The van der Waals surface area contributed by atoms with Crippen molar-refractivity contribution < 1.29 is 9.59 Å². The lowest BCUT2D eigenvalue weighted by atomic mass is 10.2. The van der Waals surface area contributed by atoms with Crippen molar-refractivity contribution in [3.8, 4) is 0 Å². The van der Waals surface area contributed by atoms with Crippen LogP contribution in [0.25, 0.3) is 0 Å². The first-order valence-electron chi connectivity index (χ1n) is 5.69. The molecule has 0 radical (unpaired) electrons. The van der Waals surface area contributed by atoms with E-state index in [0.29, 0.717) is 37.4 Å². The van der Waals surface area contributed by atoms with Gasteiger partial charge >= 0.3 is 0 Å². The molecule has 4 heteroatoms. The Kier molecular flexibility index (Phi) is 3.79. The van der Waals surface area contributed by atoms with Gasteiger partial charge in [-0.2, -0.15) is 0 Å². The summed E-state index contributed by atoms with van der Waals surface area (Å²) in [6, 6.07) is 7.47. The van der Waals surface area contributed by atoms with Gasteiger partial charge in [0.25, 0.3) is 0 Å². The van der Waals surface area contributed by atoms with Crippen molar-refractivity contribution in [2.45, 2.75) is 25.8 Å². The highest BCUT2D eigenvalue weighted by Crippen LogP contribution is 2.19. The third-order valence-electron chi connectivity index (χ3n) is 2.95. The molecule has 0 atom stereocenters. The summed E-state index contributed by atoms with van der Waals surface area (Å²) in [6.45, 7) is 0.995. The molecule has 17 heavy (non-hydrogen) atoms. The van der Waals surface area contributed by atoms with Crippen LogP contribution in [0.3, 0.4) is 0 Å². The molecule has 1 aromatic carbocycles. The summed E-state index contributed by atoms with van der Waals surface area (Å²) in [4.78, 5) is 24.8. The number of ketones is 1. The fraction of sp³-hybridized carbons (Fsp3) is 0.385. The second-order valence-electron chi connectivity index (χ2n) is 4.20. The molecule has 1 heterocycles. The Labute approximate surface area is 105 Å². The van der Waals surface area contributed by atoms with Gasteiger partial charge in [-0.3, -0.25) is 9.59 Å². The molecule has 1 amide bonds. The van der Waals surface area contributed by atoms with Crippen LogP contribution in [0.5, 0.6) is 0 Å². The van der Waals surface area contributed by atoms with Gasteiger partial charge in [0.2, 0.25) is 5.91 Å². The first-order chi connectivity index (χ1) is 8.16. The normalized spacial score (nSPS) is 17.1. The molecule has 3 nitrogen and oxygen atoms in total. The van der Waals surface area contributed by atoms with Gasteiger partial charge in [0.15, 0.2) is 0 Å². The van der Waals surface area contributed by atoms with Crippen molar-refractivity contribution in [2.24, 2.45) is 0 Å². The molecule has 1 aliphatic heterocycles. The van der Waals surface area contributed by atoms with E-state index in [-0.39, 0.29) is 11.7 Å². The fourth-order valence-corrected chi connectivity index (χ4v) is 2.11. The molecule has 1 aromatic rings. The van der Waals surface area contributed by atoms with E-state index in [4.69, 9.17) is 11.6 Å². The van der Waals surface area contributed by atoms with E-state index < -0.39 is 0 Å². The number of rotatable bonds is 2. The molecule has 1 saturated heterocycles. The number of hydrogen-bond donors (Lipinski definition) is 0. The van der Waals surface area contributed by atoms with Crippen LogP contribution in [0.15, 0.2) is 24.3 Å². The highest BCUT2D eigenvalue weighted by molar-refractivity contribution is 6.31. The Morgan fingerprint density at radius 1 is 1.12 bits per heavy atom. The molecule has 0 saturated carbocycles. The van der Waals surface area contributed by atoms with E-state index in [1.54, 1.807) is 4.90 Å². The van der Waals surface area contributed by atoms with E-state index in [0.717, 1.165) is 5.56 Å². The van der Waals surface area contributed by atoms with Gasteiger partial charge in [-0.1, -0.05) is 29.8 Å². The smallest absolute Gasteiger partial charge is 0.223 e. The fourth-order valence-electron chi connectivity index (χ4n) is 1.91. The van der Waals surface area contributed by atoms with Crippen LogP contribution in [0.1, 0.15) is 24.8 Å². The van der Waals surface area contributed by atoms with Gasteiger partial charge in [-0.15, -0.1) is 0 Å². The number of amides is 1. The van der Waals surface area contributed by atoms with Crippen molar-refractivity contribution in [1.29, 1.82) is 0 Å². The zero-order valence-corrected chi connectivity index (χ0v) is 10.2. The molecule has 90 valence electrons. The average molecular weight is 252 g/mol. The Morgan fingerprint density at radius 2 is 1.88 bits per heavy atom. The molecule has 1 fully saturated rings. The van der Waals surface area contributed by atoms with E-state index >= 15 is 0 Å². The summed E-state index contributed by atoms with van der Waals surface area (Å²) in [7, 11) is 0. The van der Waals surface area contributed by atoms with Gasteiger partial charge in [0, 0.05) is 37.4 Å². The summed E-state index contributed by atoms with van der Waals surface area (Å²) in [6.07, 6.45) is 1.15. The molecular weight excluding hydrogens is 238 g/mol. The molecule has 2 rings (SSSR count). The zero-order valence-electron chi connectivity index (χ0n) is 9.49. The van der Waals surface area contributed by atoms with E-state index in [1.165, 1.54) is 0 Å². The maximum Gasteiger partial charge on any atom is 0.223 e. The van der Waals surface area contributed by atoms with Gasteiger partial charge in [0.1, 0.15) is 5.78 Å². The van der Waals surface area contributed by atoms with Crippen LogP contribution >= 0.6 is 11.6 Å². The molecule has 0 spiro atoms. The summed E-state index contributed by atoms with van der Waals surface area (Å²) in [5.74, 6) is 0.204. The Bertz CT molecular complexity index is 445. The summed E-state index contributed by atoms with van der Waals surface area (Å²) < 4.78 is 0. The van der Waals surface area contributed by atoms with E-state index in [2.05, 4.69) is 0 Å². The number of carbonyl (C=O) groups is 2. The second-order valence-corrected chi connectivity index (χ2v) is 4.60. The lowest BCUT2D eigenvalue weighted by molar-refractivity contribution is -0.131. The van der Waals surface area contributed by atoms with Crippen LogP contribution in [-0.2, 0) is 16.1 Å². The van der Waals surface area contributed by atoms with Crippen LogP contribution in [0.2, 0.25) is 5.02 Å². The molecule has 0 aromatic heterocycles. The zero-order chi connectivity index (χ0) is 12.3. The highest BCUT2D eigenvalue weighted by Gasteiger charge is 2.21. The van der Waals surface area contributed by atoms with Gasteiger partial charge in [-0.05, 0) is 11.6 Å². The maximum absolute atomic E-state index is 11.8. The molecule has 0 N–H and O–H groups in total. The first-order valence-corrected chi connectivity index (χ1v) is 6.07. The number of benzene rings is 1. The quantitative estimate of drug-likeness (QED) is 0.810. The van der Waals surface area contributed by atoms with Crippen molar-refractivity contribution in [3.63, 3.8) is 0 Å². The standard InChI is InChI=1S/C13H14ClNO2/c14-12-4-2-1-3-10(12)9-15-8-7-11(16)5-6-13(15)17/h1-4H,5-9H2. The van der Waals surface area contributed by atoms with Crippen LogP contribution < -0.4 is 0 Å². The minimum Gasteiger partial charge on any atom is -0.338 e. The summed E-state index contributed by atoms with van der Waals surface area (Å²) in [5, 5.41) is 0.663. The van der Waals surface area contributed by atoms with Gasteiger partial charge < -0.3 is 4.90 Å². The number of hydrogen-bond acceptors (Lipinski definition) is 2. The topological polar surface area (TPSA) is 37.4 Å². The third kappa shape index (κ3) is 3.07. The largest absolute Gasteiger partial charge is 0.338 e. The minimum absolute atomic E-state index is 0.0377. The number of nitrogens with zero attached hydrogens (tertiary/aromatic N) is 1. The molecular formula is C13H14ClNO2. The van der Waals surface area contributed by atoms with Gasteiger partial charge in [0.05, 0.1) is 0 Å². The van der Waals surface area contributed by atoms with Crippen molar-refractivity contribution in [3.05, 3.63) is 34.9 Å². The van der Waals surface area contributed by atoms with E-state index in [9.17, 15) is 9.59 Å². The summed E-state index contributed by atoms with van der Waals surface area (Å²) in [5.41, 5.74) is 0.928. The monoisotopic (exact) mass is 251 g/mol. The molecule has 0 aliphatic carbocycles. The average Bonchev–Trinajstić information content (AvgIpc) is 2.47. The number of likely N-dealkylation sites (tertiary alicyclic amines) is 1. The Morgan fingerprint density at radius 3 is 2.65 bits per heavy atom. The van der Waals surface area contributed by atoms with Crippen molar-refractivity contribution >= 4 is 23.3 Å². The molecule has 0 unspecified atom stereocenters. The Balaban J connectivity index is 2.10. The maximum atomic E-state index is 11.8. The van der Waals surface area contributed by atoms with E-state index in [1.807, 2.05) is 24.3 Å². The Hall–Kier alpha value is -1.35. The van der Waals surface area contributed by atoms with Gasteiger partial charge in [-0.25, -0.2) is 0 Å². The lowest BCUT2D eigenvalue weighted by Gasteiger charge is -2.20. The lowest BCUT2D eigenvalue weighted by Crippen LogP contribution is -2.29. The molecule has 0 bridgehead atoms. The highest BCUT2D eigenvalue weighted by atomic mass is 35.5. The van der Waals surface area contributed by atoms with Crippen LogP contribution in [0, 0.1) is 0 Å². The van der Waals surface area contributed by atoms with Crippen molar-refractivity contribution in [1.82, 2.24) is 4.90 Å². The predicted octanol–water partition coefficient (Wildman–Crippen LogP) is 2.42. The minimum atomic E-state index is 0.0377. The first kappa shape index (κ1) is 12.1. The van der Waals surface area contributed by atoms with Crippen LogP contribution in [-0.4, -0.2) is 23.1 Å². The number of carbonyl (C=O) groups excluding carboxylic acids is 2. The molecule has 1 aliphatic rings. The van der Waals surface area contributed by atoms with Crippen molar-refractivity contribution in [2.75, 3.05) is 6.54 Å². The predicted molar refractivity (Wildman–Crippen MR) is 65.7 cm³/mol. The number of halogens is 1. The van der Waals surface area contributed by atoms with Crippen LogP contribution in [0.4, 0.5) is 0 Å². The summed E-state index contributed by atoms with van der Waals surface area (Å²) >= 11 is 6.06. The second kappa shape index (κ2) is 5.32.